The van der Waals surface area contributed by atoms with Gasteiger partial charge in [-0.25, -0.2) is 0 Å². The third-order valence-corrected chi connectivity index (χ3v) is 1.74. The van der Waals surface area contributed by atoms with Crippen LogP contribution in [0.5, 0.6) is 0 Å². The quantitative estimate of drug-likeness (QED) is 0.442. The van der Waals surface area contributed by atoms with Gasteiger partial charge < -0.3 is 20.6 Å². The summed E-state index contributed by atoms with van der Waals surface area (Å²) < 4.78 is 0. The van der Waals surface area contributed by atoms with Crippen molar-refractivity contribution in [1.82, 2.24) is 0 Å². The predicted octanol–water partition coefficient (Wildman–Crippen LogP) is -2.06. The van der Waals surface area contributed by atoms with Crippen molar-refractivity contribution in [3.8, 4) is 0 Å². The summed E-state index contributed by atoms with van der Waals surface area (Å²) in [6.07, 6.45) is 0. The molecule has 1 aliphatic heterocycles. The van der Waals surface area contributed by atoms with E-state index in [2.05, 4.69) is 5.32 Å². The second kappa shape index (κ2) is 4.16. The Balaban J connectivity index is 0.000000845. The molecule has 4 nitrogen and oxygen atoms in total. The average Bonchev–Trinajstić information content (AvgIpc) is 2.29. The maximum atomic E-state index is 11.0. The third-order valence-electron chi connectivity index (χ3n) is 1.74. The number of hydrogen-bond acceptors (Lipinski definition) is 3. The summed E-state index contributed by atoms with van der Waals surface area (Å²) in [6.45, 7) is 0. The molecule has 1 aromatic rings. The van der Waals surface area contributed by atoms with Gasteiger partial charge in [0.2, 0.25) is 0 Å². The molecule has 0 spiro atoms. The van der Waals surface area contributed by atoms with Gasteiger partial charge in [-0.3, -0.25) is 0 Å². The molecule has 1 aliphatic rings. The van der Waals surface area contributed by atoms with E-state index in [9.17, 15) is 9.59 Å². The number of carbonyl (C=O) groups is 2. The predicted molar refractivity (Wildman–Crippen MR) is 42.9 cm³/mol. The van der Waals surface area contributed by atoms with Crippen molar-refractivity contribution in [1.29, 1.82) is 0 Å². The zero-order valence-electron chi connectivity index (χ0n) is 7.07. The van der Waals surface area contributed by atoms with Gasteiger partial charge in [-0.15, -0.1) is 0 Å². The molecule has 0 bridgehead atoms. The van der Waals surface area contributed by atoms with E-state index in [0.29, 0.717) is 11.3 Å². The van der Waals surface area contributed by atoms with E-state index in [1.165, 1.54) is 0 Å². The van der Waals surface area contributed by atoms with Gasteiger partial charge in [0.25, 0.3) is 0 Å². The Morgan fingerprint density at radius 1 is 1.15 bits per heavy atom. The first kappa shape index (κ1) is 11.3. The molecule has 0 saturated carbocycles. The topological polar surface area (TPSA) is 74.3 Å². The fourth-order valence-corrected chi connectivity index (χ4v) is 1.20. The van der Waals surface area contributed by atoms with Crippen LogP contribution in [0, 0.1) is 0 Å². The molecule has 1 heterocycles. The molecule has 0 aromatic heterocycles. The van der Waals surface area contributed by atoms with Crippen LogP contribution in [0.4, 0.5) is 5.69 Å². The van der Waals surface area contributed by atoms with Gasteiger partial charge in [0, 0.05) is 16.8 Å². The van der Waals surface area contributed by atoms with E-state index in [-0.39, 0.29) is 74.5 Å². The van der Waals surface area contributed by atoms with Gasteiger partial charge in [0.15, 0.2) is 0 Å². The molecule has 5 heteroatoms. The minimum Gasteiger partial charge on any atom is -0.587 e. The summed E-state index contributed by atoms with van der Waals surface area (Å²) in [5.41, 5.74) is 6.35. The number of carbonyl (C=O) groups excluding carboxylic acids is 2. The smallest absolute Gasteiger partial charge is 0.587 e. The first-order chi connectivity index (χ1) is 5.70. The second-order valence-electron chi connectivity index (χ2n) is 2.49. The fraction of sp³-hybridized carbons (Fsp3) is 0. The molecular formula is C8H5CsN2O2. The van der Waals surface area contributed by atoms with Crippen molar-refractivity contribution >= 4 is 17.5 Å². The monoisotopic (exact) mass is 294 g/mol. The Kier molecular flexibility index (Phi) is 3.61. The SMILES string of the molecule is Nc1cccc2c1C(=O)[N-]C2=O.[Cs+]. The molecule has 0 radical (unpaired) electrons. The van der Waals surface area contributed by atoms with Gasteiger partial charge in [-0.05, 0) is 6.07 Å². The molecule has 2 rings (SSSR count). The normalized spacial score (nSPS) is 13.2. The molecule has 0 unspecified atom stereocenters. The Morgan fingerprint density at radius 3 is 2.46 bits per heavy atom. The summed E-state index contributed by atoms with van der Waals surface area (Å²) in [5.74, 6) is -1.03. The van der Waals surface area contributed by atoms with E-state index < -0.39 is 11.8 Å². The Labute approximate surface area is 134 Å². The van der Waals surface area contributed by atoms with Crippen LogP contribution in [0.15, 0.2) is 18.2 Å². The summed E-state index contributed by atoms with van der Waals surface area (Å²) in [5, 5.41) is 3.26. The molecule has 60 valence electrons. The fourth-order valence-electron chi connectivity index (χ4n) is 1.20. The number of anilines is 1. The molecule has 2 N–H and O–H groups in total. The number of amides is 2. The van der Waals surface area contributed by atoms with Gasteiger partial charge in [0.1, 0.15) is 0 Å². The van der Waals surface area contributed by atoms with Crippen molar-refractivity contribution < 1.29 is 78.5 Å². The number of benzene rings is 1. The number of nitrogen functional groups attached to an aromatic ring is 1. The number of rotatable bonds is 0. The minimum absolute atomic E-state index is 0. The summed E-state index contributed by atoms with van der Waals surface area (Å²) in [7, 11) is 0. The first-order valence-electron chi connectivity index (χ1n) is 3.39. The van der Waals surface area contributed by atoms with Crippen LogP contribution in [0.3, 0.4) is 0 Å². The number of imide groups is 1. The van der Waals surface area contributed by atoms with E-state index in [0.717, 1.165) is 0 Å². The molecule has 1 aromatic carbocycles. The van der Waals surface area contributed by atoms with Crippen LogP contribution in [0.2, 0.25) is 0 Å². The van der Waals surface area contributed by atoms with Gasteiger partial charge in [-0.1, -0.05) is 12.1 Å². The van der Waals surface area contributed by atoms with E-state index >= 15 is 0 Å². The maximum absolute atomic E-state index is 11.0. The Morgan fingerprint density at radius 2 is 1.85 bits per heavy atom. The van der Waals surface area contributed by atoms with E-state index in [1.807, 2.05) is 0 Å². The van der Waals surface area contributed by atoms with Crippen molar-refractivity contribution in [3.63, 3.8) is 0 Å². The van der Waals surface area contributed by atoms with Crippen LogP contribution in [0.25, 0.3) is 5.32 Å². The molecular weight excluding hydrogens is 289 g/mol. The standard InChI is InChI=1S/C8H6N2O2.Cs/c9-5-3-1-2-4-6(5)8(12)10-7(4)11;/h1-3H,(H3,9,10,11,12);/q;+1/p-1. The van der Waals surface area contributed by atoms with Crippen LogP contribution in [0.1, 0.15) is 20.7 Å². The number of nitrogens with zero attached hydrogens (tertiary/aromatic N) is 1. The average molecular weight is 294 g/mol. The van der Waals surface area contributed by atoms with Gasteiger partial charge >= 0.3 is 68.9 Å². The van der Waals surface area contributed by atoms with Crippen molar-refractivity contribution in [2.24, 2.45) is 0 Å². The van der Waals surface area contributed by atoms with Crippen molar-refractivity contribution in [3.05, 3.63) is 34.6 Å². The van der Waals surface area contributed by atoms with Crippen molar-refractivity contribution in [2.75, 3.05) is 5.73 Å². The van der Waals surface area contributed by atoms with E-state index in [1.54, 1.807) is 18.2 Å². The number of fused-ring (bicyclic) bond motifs is 1. The number of nitrogens with two attached hydrogens (primary N) is 1. The summed E-state index contributed by atoms with van der Waals surface area (Å²) in [6, 6.07) is 4.74. The molecule has 0 saturated heterocycles. The Hall–Kier alpha value is 0.212. The Bertz CT molecular complexity index is 390. The molecule has 0 atom stereocenters. The van der Waals surface area contributed by atoms with E-state index in [4.69, 9.17) is 5.73 Å². The van der Waals surface area contributed by atoms with Crippen LogP contribution in [-0.4, -0.2) is 11.8 Å². The van der Waals surface area contributed by atoms with Gasteiger partial charge in [0.05, 0.1) is 11.8 Å². The maximum Gasteiger partial charge on any atom is 1.00 e. The molecule has 0 aliphatic carbocycles. The number of hydrogen-bond donors (Lipinski definition) is 1. The van der Waals surface area contributed by atoms with Crippen LogP contribution < -0.4 is 74.6 Å². The minimum atomic E-state index is -0.534. The van der Waals surface area contributed by atoms with Crippen molar-refractivity contribution in [2.45, 2.75) is 0 Å². The second-order valence-corrected chi connectivity index (χ2v) is 2.49. The molecule has 0 fully saturated rings. The third kappa shape index (κ3) is 1.85. The van der Waals surface area contributed by atoms with Crippen LogP contribution in [-0.2, 0) is 0 Å². The zero-order valence-corrected chi connectivity index (χ0v) is 13.4. The van der Waals surface area contributed by atoms with Crippen LogP contribution >= 0.6 is 0 Å². The molecule has 2 amide bonds. The van der Waals surface area contributed by atoms with Gasteiger partial charge in [-0.2, -0.15) is 0 Å². The zero-order chi connectivity index (χ0) is 8.72. The summed E-state index contributed by atoms with van der Waals surface area (Å²) in [4.78, 5) is 22.0. The summed E-state index contributed by atoms with van der Waals surface area (Å²) >= 11 is 0. The first-order valence-corrected chi connectivity index (χ1v) is 3.39. The molecule has 13 heavy (non-hydrogen) atoms. The largest absolute Gasteiger partial charge is 1.00 e.